The first kappa shape index (κ1) is 25.4. The molecule has 0 spiro atoms. The summed E-state index contributed by atoms with van der Waals surface area (Å²) in [5.74, 6) is 0.717. The fourth-order valence-corrected chi connectivity index (χ4v) is 4.79. The number of aliphatic imine (C=N–C) groups is 1. The second-order valence-electron chi connectivity index (χ2n) is 8.12. The molecular weight excluding hydrogens is 513 g/mol. The molecule has 7 nitrogen and oxygen atoms in total. The van der Waals surface area contributed by atoms with E-state index < -0.39 is 0 Å². The molecule has 2 heterocycles. The maximum Gasteiger partial charge on any atom is 0.243 e. The Morgan fingerprint density at radius 1 is 1.23 bits per heavy atom. The van der Waals surface area contributed by atoms with E-state index in [1.807, 2.05) is 0 Å². The molecule has 1 aromatic rings. The molecule has 30 heavy (non-hydrogen) atoms. The van der Waals surface area contributed by atoms with Crippen molar-refractivity contribution < 1.29 is 9.53 Å². The van der Waals surface area contributed by atoms with E-state index in [0.717, 1.165) is 32.8 Å². The number of halogens is 1. The van der Waals surface area contributed by atoms with E-state index in [1.165, 1.54) is 37.0 Å². The standard InChI is InChI=1S/C21H35N5O2S.HI/c1-25(2)19(27)16-23-20(22-15-18-7-6-14-29-18)24-17-21(8-4-3-5-9-21)26-10-12-28-13-11-26;/h6-7,14H,3-5,8-13,15-17H2,1-2H3,(H2,22,23,24);1H. The van der Waals surface area contributed by atoms with Gasteiger partial charge in [0.1, 0.15) is 6.54 Å². The van der Waals surface area contributed by atoms with E-state index in [-0.39, 0.29) is 42.0 Å². The molecule has 1 aromatic heterocycles. The molecule has 9 heteroatoms. The normalized spacial score (nSPS) is 19.6. The van der Waals surface area contributed by atoms with E-state index in [2.05, 4.69) is 38.0 Å². The van der Waals surface area contributed by atoms with Gasteiger partial charge in [-0.3, -0.25) is 9.69 Å². The first-order chi connectivity index (χ1) is 14.1. The smallest absolute Gasteiger partial charge is 0.243 e. The highest BCUT2D eigenvalue weighted by atomic mass is 127. The lowest BCUT2D eigenvalue weighted by Crippen LogP contribution is -2.60. The van der Waals surface area contributed by atoms with Crippen LogP contribution < -0.4 is 10.6 Å². The summed E-state index contributed by atoms with van der Waals surface area (Å²) in [6.45, 7) is 5.33. The van der Waals surface area contributed by atoms with Crippen LogP contribution >= 0.6 is 35.3 Å². The molecule has 2 N–H and O–H groups in total. The van der Waals surface area contributed by atoms with Crippen molar-refractivity contribution in [3.63, 3.8) is 0 Å². The Morgan fingerprint density at radius 3 is 2.60 bits per heavy atom. The van der Waals surface area contributed by atoms with Gasteiger partial charge < -0.3 is 20.3 Å². The Labute approximate surface area is 201 Å². The van der Waals surface area contributed by atoms with Gasteiger partial charge in [0.2, 0.25) is 5.91 Å². The van der Waals surface area contributed by atoms with Crippen molar-refractivity contribution in [2.45, 2.75) is 44.2 Å². The van der Waals surface area contributed by atoms with Gasteiger partial charge in [0.25, 0.3) is 0 Å². The maximum absolute atomic E-state index is 12.0. The zero-order chi connectivity index (χ0) is 20.5. The predicted octanol–water partition coefficient (Wildman–Crippen LogP) is 2.52. The molecular formula is C21H36IN5O2S. The summed E-state index contributed by atoms with van der Waals surface area (Å²) in [4.78, 5) is 22.1. The van der Waals surface area contributed by atoms with Crippen LogP contribution in [0, 0.1) is 0 Å². The van der Waals surface area contributed by atoms with Gasteiger partial charge in [0.05, 0.1) is 19.8 Å². The number of guanidine groups is 1. The number of carbonyl (C=O) groups excluding carboxylic acids is 1. The molecule has 0 unspecified atom stereocenters. The van der Waals surface area contributed by atoms with E-state index in [9.17, 15) is 4.79 Å². The fourth-order valence-electron chi connectivity index (χ4n) is 4.15. The monoisotopic (exact) mass is 549 g/mol. The van der Waals surface area contributed by atoms with Crippen molar-refractivity contribution in [2.75, 3.05) is 53.5 Å². The molecule has 0 atom stereocenters. The lowest BCUT2D eigenvalue weighted by Gasteiger charge is -2.48. The van der Waals surface area contributed by atoms with Crippen molar-refractivity contribution in [2.24, 2.45) is 4.99 Å². The molecule has 1 saturated carbocycles. The third-order valence-corrected chi connectivity index (χ3v) is 6.81. The van der Waals surface area contributed by atoms with Crippen LogP contribution in [0.25, 0.3) is 0 Å². The molecule has 0 bridgehead atoms. The van der Waals surface area contributed by atoms with Crippen LogP contribution in [0.4, 0.5) is 0 Å². The fraction of sp³-hybridized carbons (Fsp3) is 0.714. The molecule has 1 aliphatic carbocycles. The number of rotatable bonds is 7. The lowest BCUT2D eigenvalue weighted by atomic mass is 9.80. The van der Waals surface area contributed by atoms with Gasteiger partial charge in [-0.05, 0) is 24.3 Å². The van der Waals surface area contributed by atoms with Gasteiger partial charge in [-0.25, -0.2) is 4.99 Å². The third-order valence-electron chi connectivity index (χ3n) is 5.93. The van der Waals surface area contributed by atoms with Gasteiger partial charge in [-0.2, -0.15) is 0 Å². The van der Waals surface area contributed by atoms with Crippen LogP contribution in [0.3, 0.4) is 0 Å². The number of likely N-dealkylation sites (N-methyl/N-ethyl adjacent to an activating group) is 1. The Hall–Kier alpha value is -0.910. The first-order valence-electron chi connectivity index (χ1n) is 10.7. The summed E-state index contributed by atoms with van der Waals surface area (Å²) in [6, 6.07) is 4.16. The first-order valence-corrected chi connectivity index (χ1v) is 11.5. The second-order valence-corrected chi connectivity index (χ2v) is 9.16. The average Bonchev–Trinajstić information content (AvgIpc) is 3.28. The minimum atomic E-state index is 0. The van der Waals surface area contributed by atoms with Crippen LogP contribution in [-0.4, -0.2) is 80.7 Å². The quantitative estimate of drug-likeness (QED) is 0.311. The average molecular weight is 550 g/mol. The van der Waals surface area contributed by atoms with Crippen molar-refractivity contribution in [1.82, 2.24) is 20.4 Å². The van der Waals surface area contributed by atoms with Gasteiger partial charge in [-0.15, -0.1) is 35.3 Å². The maximum atomic E-state index is 12.0. The van der Waals surface area contributed by atoms with Crippen molar-refractivity contribution >= 4 is 47.2 Å². The zero-order valence-corrected chi connectivity index (χ0v) is 21.3. The topological polar surface area (TPSA) is 69.2 Å². The number of amides is 1. The molecule has 3 rings (SSSR count). The van der Waals surface area contributed by atoms with Crippen LogP contribution in [0.15, 0.2) is 22.5 Å². The lowest BCUT2D eigenvalue weighted by molar-refractivity contribution is -0.127. The molecule has 2 aliphatic rings. The minimum absolute atomic E-state index is 0. The number of morpholine rings is 1. The molecule has 0 radical (unpaired) electrons. The SMILES string of the molecule is CN(C)C(=O)CN=C(NCc1cccs1)NCC1(N2CCOCC2)CCCCC1.I. The number of hydrogen-bond donors (Lipinski definition) is 2. The third kappa shape index (κ3) is 7.35. The summed E-state index contributed by atoms with van der Waals surface area (Å²) in [5, 5.41) is 9.06. The summed E-state index contributed by atoms with van der Waals surface area (Å²) < 4.78 is 5.59. The predicted molar refractivity (Wildman–Crippen MR) is 134 cm³/mol. The van der Waals surface area contributed by atoms with Crippen molar-refractivity contribution in [3.8, 4) is 0 Å². The Balaban J connectivity index is 0.00000320. The van der Waals surface area contributed by atoms with E-state index in [4.69, 9.17) is 4.74 Å². The molecule has 1 amide bonds. The Morgan fingerprint density at radius 2 is 1.97 bits per heavy atom. The van der Waals surface area contributed by atoms with Gasteiger partial charge >= 0.3 is 0 Å². The van der Waals surface area contributed by atoms with Crippen molar-refractivity contribution in [1.29, 1.82) is 0 Å². The molecule has 170 valence electrons. The highest BCUT2D eigenvalue weighted by molar-refractivity contribution is 14.0. The highest BCUT2D eigenvalue weighted by Gasteiger charge is 2.38. The summed E-state index contributed by atoms with van der Waals surface area (Å²) in [5.41, 5.74) is 0.152. The molecule has 2 fully saturated rings. The van der Waals surface area contributed by atoms with Crippen LogP contribution in [0.5, 0.6) is 0 Å². The van der Waals surface area contributed by atoms with E-state index in [1.54, 1.807) is 30.3 Å². The summed E-state index contributed by atoms with van der Waals surface area (Å²) in [7, 11) is 3.53. The molecule has 1 saturated heterocycles. The number of hydrogen-bond acceptors (Lipinski definition) is 5. The number of nitrogens with zero attached hydrogens (tertiary/aromatic N) is 3. The molecule has 1 aliphatic heterocycles. The largest absolute Gasteiger partial charge is 0.379 e. The van der Waals surface area contributed by atoms with Gasteiger partial charge in [0, 0.05) is 44.1 Å². The van der Waals surface area contributed by atoms with E-state index in [0.29, 0.717) is 12.5 Å². The van der Waals surface area contributed by atoms with Crippen LogP contribution in [0.1, 0.15) is 37.0 Å². The number of nitrogens with one attached hydrogen (secondary N) is 2. The number of thiophene rings is 1. The van der Waals surface area contributed by atoms with Crippen LogP contribution in [-0.2, 0) is 16.1 Å². The van der Waals surface area contributed by atoms with Crippen molar-refractivity contribution in [3.05, 3.63) is 22.4 Å². The Kier molecular flexibility index (Phi) is 10.8. The summed E-state index contributed by atoms with van der Waals surface area (Å²) in [6.07, 6.45) is 6.27. The number of ether oxygens (including phenoxy) is 1. The van der Waals surface area contributed by atoms with Gasteiger partial charge in [-0.1, -0.05) is 25.3 Å². The second kappa shape index (κ2) is 12.8. The van der Waals surface area contributed by atoms with Crippen LogP contribution in [0.2, 0.25) is 0 Å². The zero-order valence-electron chi connectivity index (χ0n) is 18.2. The minimum Gasteiger partial charge on any atom is -0.379 e. The Bertz CT molecular complexity index is 656. The molecule has 0 aromatic carbocycles. The number of carbonyl (C=O) groups is 1. The summed E-state index contributed by atoms with van der Waals surface area (Å²) >= 11 is 1.72. The van der Waals surface area contributed by atoms with E-state index >= 15 is 0 Å². The highest BCUT2D eigenvalue weighted by Crippen LogP contribution is 2.33. The van der Waals surface area contributed by atoms with Gasteiger partial charge in [0.15, 0.2) is 5.96 Å².